The van der Waals surface area contributed by atoms with Gasteiger partial charge in [-0.25, -0.2) is 0 Å². The minimum absolute atomic E-state index is 0.492. The van der Waals surface area contributed by atoms with Crippen LogP contribution in [-0.4, -0.2) is 13.1 Å². The van der Waals surface area contributed by atoms with E-state index in [2.05, 4.69) is 18.7 Å². The van der Waals surface area contributed by atoms with Gasteiger partial charge in [0.1, 0.15) is 5.75 Å². The standard InChI is InChI=1S/C16H17Cl2NO/c1-3-19(4-2)12-8-10-13(11-9-12)20-16-14(17)6-5-7-15(16)18/h5-11H,3-4H2,1-2H3. The van der Waals surface area contributed by atoms with E-state index in [1.54, 1.807) is 18.2 Å². The third-order valence-corrected chi connectivity index (χ3v) is 3.70. The molecule has 4 heteroatoms. The second kappa shape index (κ2) is 6.87. The van der Waals surface area contributed by atoms with Crippen molar-refractivity contribution in [3.8, 4) is 11.5 Å². The Kier molecular flexibility index (Phi) is 5.16. The number of para-hydroxylation sites is 1. The minimum Gasteiger partial charge on any atom is -0.454 e. The molecule has 0 bridgehead atoms. The Morgan fingerprint density at radius 2 is 1.45 bits per heavy atom. The Morgan fingerprint density at radius 1 is 0.900 bits per heavy atom. The fraction of sp³-hybridized carbons (Fsp3) is 0.250. The van der Waals surface area contributed by atoms with E-state index < -0.39 is 0 Å². The lowest BCUT2D eigenvalue weighted by molar-refractivity contribution is 0.483. The molecule has 0 aliphatic rings. The molecule has 0 amide bonds. The predicted molar refractivity (Wildman–Crippen MR) is 86.5 cm³/mol. The Bertz CT molecular complexity index is 545. The fourth-order valence-corrected chi connectivity index (χ4v) is 2.49. The van der Waals surface area contributed by atoms with Crippen LogP contribution in [0.15, 0.2) is 42.5 Å². The molecule has 2 aromatic rings. The maximum Gasteiger partial charge on any atom is 0.164 e. The number of anilines is 1. The summed E-state index contributed by atoms with van der Waals surface area (Å²) in [5, 5.41) is 1.01. The Morgan fingerprint density at radius 3 is 1.95 bits per heavy atom. The molecule has 0 N–H and O–H groups in total. The summed E-state index contributed by atoms with van der Waals surface area (Å²) in [6.07, 6.45) is 0. The third kappa shape index (κ3) is 3.38. The minimum atomic E-state index is 0.492. The molecule has 0 spiro atoms. The van der Waals surface area contributed by atoms with Crippen LogP contribution in [0, 0.1) is 0 Å². The lowest BCUT2D eigenvalue weighted by Gasteiger charge is -2.21. The second-order valence-corrected chi connectivity index (χ2v) is 5.13. The van der Waals surface area contributed by atoms with Gasteiger partial charge >= 0.3 is 0 Å². The van der Waals surface area contributed by atoms with Crippen molar-refractivity contribution < 1.29 is 4.74 Å². The fourth-order valence-electron chi connectivity index (χ4n) is 2.01. The quantitative estimate of drug-likeness (QED) is 0.709. The van der Waals surface area contributed by atoms with Gasteiger partial charge in [0.05, 0.1) is 10.0 Å². The molecule has 0 radical (unpaired) electrons. The van der Waals surface area contributed by atoms with Gasteiger partial charge in [0.2, 0.25) is 0 Å². The van der Waals surface area contributed by atoms with Gasteiger partial charge in [0.25, 0.3) is 0 Å². The van der Waals surface area contributed by atoms with E-state index >= 15 is 0 Å². The summed E-state index contributed by atoms with van der Waals surface area (Å²) in [5.41, 5.74) is 1.17. The smallest absolute Gasteiger partial charge is 0.164 e. The van der Waals surface area contributed by atoms with Crippen LogP contribution in [0.3, 0.4) is 0 Å². The van der Waals surface area contributed by atoms with Crippen LogP contribution in [0.25, 0.3) is 0 Å². The first-order valence-electron chi connectivity index (χ1n) is 6.62. The van der Waals surface area contributed by atoms with Crippen molar-refractivity contribution in [3.63, 3.8) is 0 Å². The third-order valence-electron chi connectivity index (χ3n) is 3.10. The number of ether oxygens (including phenoxy) is 1. The molecule has 0 aliphatic heterocycles. The highest BCUT2D eigenvalue weighted by atomic mass is 35.5. The van der Waals surface area contributed by atoms with Gasteiger partial charge in [0, 0.05) is 18.8 Å². The van der Waals surface area contributed by atoms with Crippen molar-refractivity contribution in [1.29, 1.82) is 0 Å². The first kappa shape index (κ1) is 15.0. The molecule has 0 aliphatic carbocycles. The molecular weight excluding hydrogens is 293 g/mol. The van der Waals surface area contributed by atoms with Crippen LogP contribution in [-0.2, 0) is 0 Å². The zero-order valence-corrected chi connectivity index (χ0v) is 13.1. The molecule has 2 rings (SSSR count). The maximum atomic E-state index is 6.09. The molecule has 0 heterocycles. The van der Waals surface area contributed by atoms with Gasteiger partial charge in [-0.05, 0) is 50.2 Å². The summed E-state index contributed by atoms with van der Waals surface area (Å²) < 4.78 is 5.76. The summed E-state index contributed by atoms with van der Waals surface area (Å²) in [6, 6.07) is 13.2. The van der Waals surface area contributed by atoms with Gasteiger partial charge in [-0.2, -0.15) is 0 Å². The monoisotopic (exact) mass is 309 g/mol. The van der Waals surface area contributed by atoms with E-state index in [1.165, 1.54) is 5.69 Å². The number of hydrogen-bond donors (Lipinski definition) is 0. The van der Waals surface area contributed by atoms with Crippen molar-refractivity contribution >= 4 is 28.9 Å². The molecule has 0 aromatic heterocycles. The summed E-state index contributed by atoms with van der Waals surface area (Å²) in [5.74, 6) is 1.21. The molecule has 20 heavy (non-hydrogen) atoms. The van der Waals surface area contributed by atoms with E-state index in [-0.39, 0.29) is 0 Å². The topological polar surface area (TPSA) is 12.5 Å². The van der Waals surface area contributed by atoms with Crippen molar-refractivity contribution in [3.05, 3.63) is 52.5 Å². The largest absolute Gasteiger partial charge is 0.454 e. The SMILES string of the molecule is CCN(CC)c1ccc(Oc2c(Cl)cccc2Cl)cc1. The molecular formula is C16H17Cl2NO. The summed E-state index contributed by atoms with van der Waals surface area (Å²) in [4.78, 5) is 2.27. The molecule has 0 saturated carbocycles. The summed E-state index contributed by atoms with van der Waals surface area (Å²) >= 11 is 12.2. The van der Waals surface area contributed by atoms with Crippen molar-refractivity contribution in [2.45, 2.75) is 13.8 Å². The van der Waals surface area contributed by atoms with Crippen LogP contribution in [0.5, 0.6) is 11.5 Å². The normalized spacial score (nSPS) is 10.4. The number of nitrogens with zero attached hydrogens (tertiary/aromatic N) is 1. The van der Waals surface area contributed by atoms with Crippen molar-refractivity contribution in [2.75, 3.05) is 18.0 Å². The molecule has 0 saturated heterocycles. The van der Waals surface area contributed by atoms with Crippen LogP contribution >= 0.6 is 23.2 Å². The van der Waals surface area contributed by atoms with Crippen LogP contribution in [0.2, 0.25) is 10.0 Å². The van der Waals surface area contributed by atoms with E-state index in [9.17, 15) is 0 Å². The Hall–Kier alpha value is -1.38. The van der Waals surface area contributed by atoms with Gasteiger partial charge in [0.15, 0.2) is 5.75 Å². The number of halogens is 2. The lowest BCUT2D eigenvalue weighted by atomic mass is 10.2. The van der Waals surface area contributed by atoms with Crippen LogP contribution in [0.4, 0.5) is 5.69 Å². The maximum absolute atomic E-state index is 6.09. The molecule has 2 aromatic carbocycles. The van der Waals surface area contributed by atoms with Crippen molar-refractivity contribution in [1.82, 2.24) is 0 Å². The number of benzene rings is 2. The van der Waals surface area contributed by atoms with Crippen molar-refractivity contribution in [2.24, 2.45) is 0 Å². The Balaban J connectivity index is 2.19. The van der Waals surface area contributed by atoms with E-state index in [0.29, 0.717) is 15.8 Å². The zero-order chi connectivity index (χ0) is 14.5. The van der Waals surface area contributed by atoms with Gasteiger partial charge in [-0.1, -0.05) is 29.3 Å². The second-order valence-electron chi connectivity index (χ2n) is 4.32. The van der Waals surface area contributed by atoms with E-state index in [4.69, 9.17) is 27.9 Å². The molecule has 0 fully saturated rings. The van der Waals surface area contributed by atoms with E-state index in [1.807, 2.05) is 24.3 Å². The van der Waals surface area contributed by atoms with E-state index in [0.717, 1.165) is 18.8 Å². The molecule has 106 valence electrons. The van der Waals surface area contributed by atoms with Gasteiger partial charge < -0.3 is 9.64 Å². The Labute approximate surface area is 129 Å². The van der Waals surface area contributed by atoms with Crippen LogP contribution < -0.4 is 9.64 Å². The highest BCUT2D eigenvalue weighted by Gasteiger charge is 2.08. The van der Waals surface area contributed by atoms with Crippen LogP contribution in [0.1, 0.15) is 13.8 Å². The average Bonchev–Trinajstić information content (AvgIpc) is 2.46. The predicted octanol–water partition coefficient (Wildman–Crippen LogP) is 5.63. The van der Waals surface area contributed by atoms with Gasteiger partial charge in [-0.15, -0.1) is 0 Å². The summed E-state index contributed by atoms with van der Waals surface area (Å²) in [6.45, 7) is 6.23. The number of hydrogen-bond acceptors (Lipinski definition) is 2. The molecule has 0 atom stereocenters. The first-order chi connectivity index (χ1) is 9.65. The molecule has 2 nitrogen and oxygen atoms in total. The highest BCUT2D eigenvalue weighted by Crippen LogP contribution is 2.36. The first-order valence-corrected chi connectivity index (χ1v) is 7.38. The highest BCUT2D eigenvalue weighted by molar-refractivity contribution is 6.37. The lowest BCUT2D eigenvalue weighted by Crippen LogP contribution is -2.21. The summed E-state index contributed by atoms with van der Waals surface area (Å²) in [7, 11) is 0. The number of rotatable bonds is 5. The average molecular weight is 310 g/mol. The van der Waals surface area contributed by atoms with Gasteiger partial charge in [-0.3, -0.25) is 0 Å². The molecule has 0 unspecified atom stereocenters. The zero-order valence-electron chi connectivity index (χ0n) is 11.6.